The lowest BCUT2D eigenvalue weighted by Gasteiger charge is -2.41. The summed E-state index contributed by atoms with van der Waals surface area (Å²) in [6.45, 7) is 28.8. The van der Waals surface area contributed by atoms with Crippen molar-refractivity contribution in [3.63, 3.8) is 0 Å². The number of hydrogen-bond acceptors (Lipinski definition) is 15. The summed E-state index contributed by atoms with van der Waals surface area (Å²) in [5.74, 6) is -9.46. The molecule has 11 amide bonds. The molecule has 0 saturated carbocycles. The number of amides is 11. The van der Waals surface area contributed by atoms with Crippen LogP contribution in [0.5, 0.6) is 0 Å². The van der Waals surface area contributed by atoms with Gasteiger partial charge in [0.05, 0.1) is 6.10 Å². The van der Waals surface area contributed by atoms with Gasteiger partial charge >= 0.3 is 0 Å². The van der Waals surface area contributed by atoms with Crippen molar-refractivity contribution in [3.8, 4) is 0 Å². The summed E-state index contributed by atoms with van der Waals surface area (Å²) in [4.78, 5) is 173. The van der Waals surface area contributed by atoms with Gasteiger partial charge in [-0.1, -0.05) is 129 Å². The Morgan fingerprint density at radius 2 is 0.854 bits per heavy atom. The molecule has 1 fully saturated rings. The topological polar surface area (TPSA) is 325 Å². The Morgan fingerprint density at radius 3 is 1.33 bits per heavy atom. The Labute approximate surface area is 580 Å². The van der Waals surface area contributed by atoms with Gasteiger partial charge in [0.25, 0.3) is 5.91 Å². The van der Waals surface area contributed by atoms with Gasteiger partial charge in [-0.25, -0.2) is 0 Å². The van der Waals surface area contributed by atoms with Crippen LogP contribution in [0.4, 0.5) is 0 Å². The normalized spacial score (nSPS) is 25.9. The molecule has 1 aliphatic heterocycles. The molecule has 26 heteroatoms. The van der Waals surface area contributed by atoms with Crippen LogP contribution >= 0.6 is 11.8 Å². The van der Waals surface area contributed by atoms with E-state index < -0.39 is 155 Å². The quantitative estimate of drug-likeness (QED) is 0.0571. The zero-order chi connectivity index (χ0) is 73.9. The van der Waals surface area contributed by atoms with E-state index in [1.165, 1.54) is 104 Å². The van der Waals surface area contributed by atoms with Gasteiger partial charge < -0.3 is 71.5 Å². The Bertz CT molecular complexity index is 2500. The summed E-state index contributed by atoms with van der Waals surface area (Å²) >= 11 is 1.17. The highest BCUT2D eigenvalue weighted by Crippen LogP contribution is 2.28. The second-order valence-electron chi connectivity index (χ2n) is 29.3. The van der Waals surface area contributed by atoms with Crippen molar-refractivity contribution in [2.45, 2.75) is 273 Å². The third-order valence-corrected chi connectivity index (χ3v) is 19.7. The van der Waals surface area contributed by atoms with Crippen molar-refractivity contribution < 1.29 is 63.0 Å². The Morgan fingerprint density at radius 1 is 0.427 bits per heavy atom. The van der Waals surface area contributed by atoms with Gasteiger partial charge in [-0.15, -0.1) is 11.8 Å². The number of nitrogens with two attached hydrogens (primary N) is 1. The molecule has 0 aromatic carbocycles. The van der Waals surface area contributed by atoms with Crippen LogP contribution in [0.2, 0.25) is 0 Å². The highest BCUT2D eigenvalue weighted by molar-refractivity contribution is 8.00. The Hall–Kier alpha value is -5.60. The van der Waals surface area contributed by atoms with Gasteiger partial charge in [0, 0.05) is 55.9 Å². The first-order valence-corrected chi connectivity index (χ1v) is 36.4. The number of nitrogens with zero attached hydrogens (tertiary/aromatic N) is 7. The number of hydrogen-bond donors (Lipinski definition) is 7. The van der Waals surface area contributed by atoms with E-state index in [1.807, 2.05) is 55.4 Å². The van der Waals surface area contributed by atoms with E-state index in [2.05, 4.69) is 21.3 Å². The van der Waals surface area contributed by atoms with Crippen LogP contribution in [-0.2, 0) is 52.7 Å². The molecule has 0 unspecified atom stereocenters. The van der Waals surface area contributed by atoms with E-state index in [9.17, 15) is 34.2 Å². The molecule has 96 heavy (non-hydrogen) atoms. The fourth-order valence-electron chi connectivity index (χ4n) is 12.3. The first kappa shape index (κ1) is 88.4. The minimum Gasteiger partial charge on any atom is -0.396 e. The third-order valence-electron chi connectivity index (χ3n) is 18.4. The number of aliphatic hydroxyl groups excluding tert-OH is 2. The summed E-state index contributed by atoms with van der Waals surface area (Å²) < 4.78 is 0. The molecular formula is C70H130N12O13S. The second-order valence-corrected chi connectivity index (χ2v) is 30.5. The maximum Gasteiger partial charge on any atom is 0.256 e. The summed E-state index contributed by atoms with van der Waals surface area (Å²) in [7, 11) is 10.1. The van der Waals surface area contributed by atoms with Crippen LogP contribution in [0.25, 0.3) is 0 Å². The second kappa shape index (κ2) is 43.0. The van der Waals surface area contributed by atoms with Gasteiger partial charge in [0.1, 0.15) is 60.4 Å². The fourth-order valence-corrected chi connectivity index (χ4v) is 13.5. The molecule has 1 heterocycles. The molecule has 13 atom stereocenters. The van der Waals surface area contributed by atoms with Crippen molar-refractivity contribution in [2.75, 3.05) is 68.2 Å². The lowest BCUT2D eigenvalue weighted by Crippen LogP contribution is -2.64. The largest absolute Gasteiger partial charge is 0.396 e. The molecule has 25 nitrogen and oxygen atoms in total. The molecule has 0 aliphatic carbocycles. The lowest BCUT2D eigenvalue weighted by molar-refractivity contribution is -0.157. The fraction of sp³-hybridized carbons (Fsp3) is 0.843. The molecule has 554 valence electrons. The predicted molar refractivity (Wildman–Crippen MR) is 378 cm³/mol. The van der Waals surface area contributed by atoms with E-state index in [-0.39, 0.29) is 62.4 Å². The summed E-state index contributed by atoms with van der Waals surface area (Å²) in [5.41, 5.74) is 5.78. The molecular weight excluding hydrogens is 1250 g/mol. The van der Waals surface area contributed by atoms with E-state index in [4.69, 9.17) is 5.73 Å². The SMILES string of the molecule is CC[C@@H]1NC(=O)[C@H]([C@H](O)[C@H](C)CCCCCCN)N(C)C(=O)[C@H](C(C)C)N(C)C(=O)[C@H](CC(C)C)N(C)C(=O)[C@H](CC(C)C)N(C)C(=O)[C@@H](C)NC(=O)[C@H](C)NC(=O)[C@H](CC(C)C)N(C)C(=O)[C@H](C(C)C)NC(=O)[C@H](CC(C)C)N(C)C(=O)[C@@H](SCCCCCCO)N(C)C1=O. The number of unbranched alkanes of at least 4 members (excludes halogenated alkanes) is 6. The zero-order valence-electron chi connectivity index (χ0n) is 63.0. The number of carbonyl (C=O) groups is 11. The average Bonchev–Trinajstić information content (AvgIpc) is 0.808. The molecule has 8 N–H and O–H groups in total. The number of carbonyl (C=O) groups excluding carboxylic acids is 11. The molecule has 0 spiro atoms. The Kier molecular flexibility index (Phi) is 39.6. The molecule has 1 saturated heterocycles. The van der Waals surface area contributed by atoms with Crippen molar-refractivity contribution >= 4 is 76.7 Å². The van der Waals surface area contributed by atoms with Crippen LogP contribution in [0.1, 0.15) is 201 Å². The van der Waals surface area contributed by atoms with Crippen molar-refractivity contribution in [3.05, 3.63) is 0 Å². The van der Waals surface area contributed by atoms with Crippen LogP contribution < -0.4 is 27.0 Å². The minimum absolute atomic E-state index is 0.00380. The summed E-state index contributed by atoms with van der Waals surface area (Å²) in [5, 5.41) is 31.9. The first-order valence-electron chi connectivity index (χ1n) is 35.4. The number of aliphatic hydroxyl groups is 2. The van der Waals surface area contributed by atoms with E-state index >= 15 is 28.8 Å². The van der Waals surface area contributed by atoms with Crippen LogP contribution in [0.15, 0.2) is 0 Å². The minimum atomic E-state index is -1.63. The molecule has 0 aromatic heterocycles. The van der Waals surface area contributed by atoms with Crippen LogP contribution in [0.3, 0.4) is 0 Å². The molecule has 0 aromatic rings. The molecule has 0 radical (unpaired) electrons. The van der Waals surface area contributed by atoms with Gasteiger partial charge in [-0.3, -0.25) is 52.7 Å². The number of likely N-dealkylation sites (N-methyl/N-ethyl adjacent to an activating group) is 7. The maximum absolute atomic E-state index is 15.5. The summed E-state index contributed by atoms with van der Waals surface area (Å²) in [6, 6.07) is -12.6. The van der Waals surface area contributed by atoms with Crippen LogP contribution in [0, 0.1) is 41.4 Å². The molecule has 0 bridgehead atoms. The molecule has 1 rings (SSSR count). The van der Waals surface area contributed by atoms with Gasteiger partial charge in [0.15, 0.2) is 5.37 Å². The van der Waals surface area contributed by atoms with E-state index in [1.54, 1.807) is 41.5 Å². The number of rotatable bonds is 26. The third kappa shape index (κ3) is 26.6. The zero-order valence-corrected chi connectivity index (χ0v) is 63.8. The highest BCUT2D eigenvalue weighted by atomic mass is 32.2. The Balaban J connectivity index is 4.54. The van der Waals surface area contributed by atoms with Gasteiger partial charge in [-0.05, 0) is 125 Å². The van der Waals surface area contributed by atoms with Crippen LogP contribution in [-0.4, -0.2) is 250 Å². The molecule has 1 aliphatic rings. The van der Waals surface area contributed by atoms with Crippen molar-refractivity contribution in [1.82, 2.24) is 55.6 Å². The van der Waals surface area contributed by atoms with E-state index in [0.29, 0.717) is 50.8 Å². The van der Waals surface area contributed by atoms with Crippen molar-refractivity contribution in [2.24, 2.45) is 47.2 Å². The monoisotopic (exact) mass is 1380 g/mol. The summed E-state index contributed by atoms with van der Waals surface area (Å²) in [6.07, 6.45) is 5.23. The standard InChI is InChI=1S/C70H130N12O13S/c1-24-50-64(90)82(23)70(96-36-32-28-27-31-35-83)69(95)77(18)52(38-42(4)5)61(87)75-55(45(10)11)67(93)76(17)51(37-41(2)3)60(86)72-48(15)59(85)73-49(16)63(89)78(19)53(39-43(6)7)65(91)79(20)54(40-44(8)9)66(92)80(21)56(46(12)13)68(94)81(22)57(62(88)74-50)58(84)47(14)33-29-25-26-30-34-71/h41-58,70,83-84H,24-40,71H2,1-23H3,(H,72,86)(H,73,85)(H,74,88)(H,75,87)/t47-,48+,49-,50+,51+,52+,53+,54+,55+,56+,57+,58-,70-/m1/s1. The van der Waals surface area contributed by atoms with E-state index in [0.717, 1.165) is 24.2 Å². The maximum atomic E-state index is 15.5. The average molecular weight is 1380 g/mol. The lowest BCUT2D eigenvalue weighted by atomic mass is 9.90. The van der Waals surface area contributed by atoms with Crippen molar-refractivity contribution in [1.29, 1.82) is 0 Å². The van der Waals surface area contributed by atoms with Gasteiger partial charge in [-0.2, -0.15) is 0 Å². The highest BCUT2D eigenvalue weighted by Gasteiger charge is 2.46. The number of thioether (sulfide) groups is 1. The van der Waals surface area contributed by atoms with Gasteiger partial charge in [0.2, 0.25) is 59.1 Å². The smallest absolute Gasteiger partial charge is 0.256 e. The predicted octanol–water partition coefficient (Wildman–Crippen LogP) is 4.82. The first-order chi connectivity index (χ1) is 44.7. The number of nitrogens with one attached hydrogen (secondary N) is 4.